The van der Waals surface area contributed by atoms with Crippen LogP contribution in [0.25, 0.3) is 0 Å². The molecule has 0 saturated carbocycles. The van der Waals surface area contributed by atoms with Crippen LogP contribution in [0.3, 0.4) is 0 Å². The first-order valence-corrected chi connectivity index (χ1v) is 17.2. The van der Waals surface area contributed by atoms with Crippen molar-refractivity contribution in [2.24, 2.45) is 17.8 Å². The monoisotopic (exact) mass is 787 g/mol. The number of carbonyl (C=O) groups is 7. The number of aliphatic carboxylic acids is 2. The molecule has 24 heteroatoms. The lowest BCUT2D eigenvalue weighted by Crippen LogP contribution is -2.47. The maximum absolute atomic E-state index is 11.2. The first-order chi connectivity index (χ1) is 24.5. The van der Waals surface area contributed by atoms with Gasteiger partial charge >= 0.3 is 11.9 Å². The molecule has 1 unspecified atom stereocenters. The summed E-state index contributed by atoms with van der Waals surface area (Å²) < 4.78 is 25.5. The van der Waals surface area contributed by atoms with E-state index in [-0.39, 0.29) is 25.4 Å². The van der Waals surface area contributed by atoms with E-state index in [2.05, 4.69) is 31.0 Å². The zero-order valence-electron chi connectivity index (χ0n) is 29.1. The summed E-state index contributed by atoms with van der Waals surface area (Å²) in [4.78, 5) is 74.1. The van der Waals surface area contributed by atoms with E-state index >= 15 is 0 Å². The Morgan fingerprint density at radius 1 is 0.811 bits per heavy atom. The van der Waals surface area contributed by atoms with Gasteiger partial charge in [0.15, 0.2) is 22.3 Å². The maximum atomic E-state index is 11.2. The Morgan fingerprint density at radius 3 is 1.55 bits per heavy atom. The van der Waals surface area contributed by atoms with Gasteiger partial charge in [-0.1, -0.05) is 26.0 Å². The van der Waals surface area contributed by atoms with E-state index in [1.165, 1.54) is 18.5 Å². The molecule has 11 N–H and O–H groups in total. The van der Waals surface area contributed by atoms with Crippen LogP contribution >= 0.6 is 0 Å². The highest BCUT2D eigenvalue weighted by Gasteiger charge is 2.31. The van der Waals surface area contributed by atoms with E-state index in [0.717, 1.165) is 6.29 Å². The van der Waals surface area contributed by atoms with Gasteiger partial charge in [-0.25, -0.2) is 18.5 Å². The molecule has 0 fully saturated rings. The summed E-state index contributed by atoms with van der Waals surface area (Å²) in [5.41, 5.74) is 0.698. The van der Waals surface area contributed by atoms with Crippen molar-refractivity contribution < 1.29 is 87.4 Å². The lowest BCUT2D eigenvalue weighted by molar-refractivity contribution is -0.158. The Balaban J connectivity index is 0. The molecule has 10 atom stereocenters. The first-order valence-electron chi connectivity index (χ1n) is 15.6. The molecule has 0 bridgehead atoms. The van der Waals surface area contributed by atoms with Crippen LogP contribution in [0, 0.1) is 17.8 Å². The summed E-state index contributed by atoms with van der Waals surface area (Å²) >= 11 is 0. The number of hydrogen-bond acceptors (Lipinski definition) is 17. The lowest BCUT2D eigenvalue weighted by atomic mass is 10.1. The van der Waals surface area contributed by atoms with Gasteiger partial charge in [0.05, 0.1) is 18.8 Å². The quantitative estimate of drug-likeness (QED) is 0.0364. The van der Waals surface area contributed by atoms with Crippen molar-refractivity contribution >= 4 is 58.6 Å². The van der Waals surface area contributed by atoms with Crippen LogP contribution in [-0.4, -0.2) is 169 Å². The molecular weight excluding hydrogens is 738 g/mol. The van der Waals surface area contributed by atoms with E-state index in [9.17, 15) is 58.2 Å². The number of hydrogen-bond donors (Lipinski definition) is 11. The van der Waals surface area contributed by atoms with E-state index in [1.807, 2.05) is 0 Å². The molecule has 0 aromatic carbocycles. The van der Waals surface area contributed by atoms with Gasteiger partial charge in [-0.3, -0.25) is 18.3 Å². The molecule has 1 aromatic heterocycles. The van der Waals surface area contributed by atoms with Gasteiger partial charge in [-0.15, -0.1) is 5.10 Å². The molecule has 0 spiro atoms. The van der Waals surface area contributed by atoms with Crippen molar-refractivity contribution in [1.82, 2.24) is 25.6 Å². The maximum Gasteiger partial charge on any atom is 0.335 e. The highest BCUT2D eigenvalue weighted by atomic mass is 32.2. The topological polar surface area (TPSA) is 383 Å². The molecular formula is C29H49N5O18S. The van der Waals surface area contributed by atoms with Crippen LogP contribution in [0.15, 0.2) is 6.20 Å². The molecule has 0 radical (unpaired) electrons. The van der Waals surface area contributed by atoms with Gasteiger partial charge < -0.3 is 65.9 Å². The number of aliphatic hydroxyl groups is 6. The lowest BCUT2D eigenvalue weighted by Gasteiger charge is -2.20. The molecule has 0 aliphatic rings. The van der Waals surface area contributed by atoms with Crippen LogP contribution in [0.1, 0.15) is 39.3 Å². The average Bonchev–Trinajstić information content (AvgIpc) is 3.54. The second-order valence-electron chi connectivity index (χ2n) is 11.6. The van der Waals surface area contributed by atoms with E-state index in [1.54, 1.807) is 13.1 Å². The third kappa shape index (κ3) is 24.6. The minimum absolute atomic E-state index is 0.0187. The number of nitrogens with zero attached hydrogens (tertiary/aromatic N) is 3. The fourth-order valence-corrected chi connectivity index (χ4v) is 3.73. The summed E-state index contributed by atoms with van der Waals surface area (Å²) in [5, 5.41) is 83.8. The van der Waals surface area contributed by atoms with Gasteiger partial charge in [0.25, 0.3) is 0 Å². The fourth-order valence-electron chi connectivity index (χ4n) is 3.40. The molecule has 1 aromatic rings. The van der Waals surface area contributed by atoms with Crippen molar-refractivity contribution in [2.75, 3.05) is 19.7 Å². The van der Waals surface area contributed by atoms with Crippen molar-refractivity contribution in [3.05, 3.63) is 11.9 Å². The predicted octanol–water partition coefficient (Wildman–Crippen LogP) is -5.23. The Kier molecular flexibility index (Phi) is 25.4. The minimum Gasteiger partial charge on any atom is -0.479 e. The third-order valence-corrected chi connectivity index (χ3v) is 6.91. The molecule has 304 valence electrons. The van der Waals surface area contributed by atoms with Crippen LogP contribution in [0.2, 0.25) is 0 Å². The van der Waals surface area contributed by atoms with Crippen molar-refractivity contribution in [2.45, 2.75) is 83.2 Å². The van der Waals surface area contributed by atoms with Crippen LogP contribution in [0.5, 0.6) is 0 Å². The molecule has 23 nitrogen and oxygen atoms in total. The molecule has 1 rings (SSSR count). The number of carbonyl (C=O) groups excluding carboxylic acids is 5. The molecule has 1 heterocycles. The smallest absolute Gasteiger partial charge is 0.335 e. The number of aliphatic hydroxyl groups excluding tert-OH is 6. The zero-order chi connectivity index (χ0) is 41.5. The highest BCUT2D eigenvalue weighted by Crippen LogP contribution is 2.04. The Labute approximate surface area is 304 Å². The van der Waals surface area contributed by atoms with Gasteiger partial charge in [0, 0.05) is 62.2 Å². The minimum atomic E-state index is -3.42. The van der Waals surface area contributed by atoms with Crippen LogP contribution in [0.4, 0.5) is 0 Å². The van der Waals surface area contributed by atoms with E-state index in [4.69, 9.17) is 25.0 Å². The Hall–Kier alpha value is -4.27. The van der Waals surface area contributed by atoms with Gasteiger partial charge in [-0.2, -0.15) is 0 Å². The van der Waals surface area contributed by atoms with Gasteiger partial charge in [0.1, 0.15) is 43.3 Å². The number of carboxylic acid groups (broad SMARTS) is 2. The van der Waals surface area contributed by atoms with E-state index in [0.29, 0.717) is 31.2 Å². The summed E-state index contributed by atoms with van der Waals surface area (Å²) in [6, 6.07) is 0. The second kappa shape index (κ2) is 26.5. The average molecular weight is 788 g/mol. The highest BCUT2D eigenvalue weighted by molar-refractivity contribution is 7.90. The Bertz CT molecular complexity index is 1350. The summed E-state index contributed by atoms with van der Waals surface area (Å²) in [5.74, 6) is -2.52. The first kappa shape index (κ1) is 50.8. The van der Waals surface area contributed by atoms with Gasteiger partial charge in [-0.05, 0) is 0 Å². The number of nitrogens with one attached hydrogen (secondary N) is 2. The number of aromatic nitrogens is 3. The standard InChI is InChI=1S/2C10H17NO7.C9H15N3O4S/c2*1-5(4-12)2-7(14)11-3-6(13)8(15)9(16)10(17)18;1-8(7-13)5-9-6-12(11-10-9)3-4-16-17(2,14)15/h2*4-6,8-9,13,15-16H,2-3H2,1H3,(H,11,14)(H,17,18);6-8H,2-5H2,1H3,(H,14,15)/t5-,6-,8+,9+;5-,6-,8+,9-;8-/m000/s1. The van der Waals surface area contributed by atoms with E-state index < -0.39 is 95.4 Å². The molecule has 2 amide bonds. The van der Waals surface area contributed by atoms with Crippen molar-refractivity contribution in [3.8, 4) is 0 Å². The van der Waals surface area contributed by atoms with Crippen molar-refractivity contribution in [1.29, 1.82) is 0 Å². The number of amides is 2. The Morgan fingerprint density at radius 2 is 1.21 bits per heavy atom. The molecule has 0 aliphatic carbocycles. The van der Waals surface area contributed by atoms with Crippen LogP contribution < -0.4 is 10.6 Å². The van der Waals surface area contributed by atoms with Crippen LogP contribution in [-0.2, 0) is 60.8 Å². The van der Waals surface area contributed by atoms with Gasteiger partial charge in [0.2, 0.25) is 11.8 Å². The number of aldehydes is 3. The molecule has 0 saturated heterocycles. The normalized spacial score (nSPS) is 17.0. The molecule has 0 aliphatic heterocycles. The third-order valence-electron chi connectivity index (χ3n) is 6.37. The molecule has 53 heavy (non-hydrogen) atoms. The second-order valence-corrected chi connectivity index (χ2v) is 13.0. The zero-order valence-corrected chi connectivity index (χ0v) is 29.9. The predicted molar refractivity (Wildman–Crippen MR) is 180 cm³/mol. The fraction of sp³-hybridized carbons (Fsp3) is 0.655. The summed E-state index contributed by atoms with van der Waals surface area (Å²) in [6.45, 7) is 4.34. The largest absolute Gasteiger partial charge is 0.479 e. The number of rotatable bonds is 23. The SMILES string of the molecule is C=S(=O)(O)OCCn1cc(C[C@H](C)C=O)nn1.C[C@H](C=O)CC(=O)NC[C@H](O)[C@@H](O)[C@@H](O)C(=O)O.C[C@H](C=O)CC(=O)NC[C@H](O)[C@@H](O)[C@H](O)C(=O)O. The summed E-state index contributed by atoms with van der Waals surface area (Å²) in [6.07, 6.45) is -7.24. The number of carboxylic acids is 2. The summed E-state index contributed by atoms with van der Waals surface area (Å²) in [7, 11) is -3.42. The van der Waals surface area contributed by atoms with Crippen molar-refractivity contribution in [3.63, 3.8) is 0 Å².